The molecule has 1 saturated heterocycles. The molecule has 3 unspecified atom stereocenters. The SMILES string of the molecule is CO[C@H]1C(C(C)O)O[C@H](Sc2ccc(Cl)c(Cl)c2)CC1n1cc(-c2csc(=O)[nH]2)nn1. The van der Waals surface area contributed by atoms with Gasteiger partial charge in [0.15, 0.2) is 0 Å². The molecule has 1 fully saturated rings. The summed E-state index contributed by atoms with van der Waals surface area (Å²) in [6, 6.07) is 5.15. The van der Waals surface area contributed by atoms with E-state index in [-0.39, 0.29) is 16.4 Å². The predicted molar refractivity (Wildman–Crippen MR) is 121 cm³/mol. The van der Waals surface area contributed by atoms with E-state index in [1.54, 1.807) is 42.4 Å². The van der Waals surface area contributed by atoms with Crippen LogP contribution in [0.2, 0.25) is 10.0 Å². The van der Waals surface area contributed by atoms with Gasteiger partial charge in [0, 0.05) is 23.8 Å². The highest BCUT2D eigenvalue weighted by atomic mass is 35.5. The van der Waals surface area contributed by atoms with Crippen LogP contribution in [0.1, 0.15) is 19.4 Å². The molecule has 0 amide bonds. The maximum atomic E-state index is 11.5. The third kappa shape index (κ3) is 5.00. The van der Waals surface area contributed by atoms with E-state index in [0.29, 0.717) is 27.9 Å². The van der Waals surface area contributed by atoms with Crippen LogP contribution in [0, 0.1) is 0 Å². The lowest BCUT2D eigenvalue weighted by molar-refractivity contribution is -0.163. The van der Waals surface area contributed by atoms with Crippen molar-refractivity contribution < 1.29 is 14.6 Å². The first-order chi connectivity index (χ1) is 14.9. The molecule has 0 saturated carbocycles. The van der Waals surface area contributed by atoms with E-state index in [1.165, 1.54) is 11.8 Å². The number of ether oxygens (including phenoxy) is 2. The lowest BCUT2D eigenvalue weighted by Gasteiger charge is -2.41. The van der Waals surface area contributed by atoms with Gasteiger partial charge in [0.25, 0.3) is 0 Å². The van der Waals surface area contributed by atoms with Crippen LogP contribution in [0.25, 0.3) is 11.4 Å². The number of aliphatic hydroxyl groups excluding tert-OH is 1. The Balaban J connectivity index is 1.61. The zero-order chi connectivity index (χ0) is 22.1. The number of rotatable bonds is 6. The second-order valence-electron chi connectivity index (χ2n) is 7.11. The number of nitrogens with one attached hydrogen (secondary N) is 1. The van der Waals surface area contributed by atoms with Gasteiger partial charge in [-0.3, -0.25) is 4.79 Å². The minimum Gasteiger partial charge on any atom is -0.391 e. The lowest BCUT2D eigenvalue weighted by atomic mass is 9.96. The van der Waals surface area contributed by atoms with Crippen LogP contribution in [0.3, 0.4) is 0 Å². The fraction of sp³-hybridized carbons (Fsp3) is 0.421. The smallest absolute Gasteiger partial charge is 0.304 e. The zero-order valence-corrected chi connectivity index (χ0v) is 19.7. The molecule has 0 bridgehead atoms. The minimum absolute atomic E-state index is 0.155. The van der Waals surface area contributed by atoms with Gasteiger partial charge in [-0.25, -0.2) is 4.68 Å². The van der Waals surface area contributed by atoms with E-state index in [2.05, 4.69) is 15.3 Å². The average Bonchev–Trinajstić information content (AvgIpc) is 3.39. The number of hydrogen-bond donors (Lipinski definition) is 2. The van der Waals surface area contributed by atoms with E-state index in [4.69, 9.17) is 32.7 Å². The molecule has 8 nitrogen and oxygen atoms in total. The summed E-state index contributed by atoms with van der Waals surface area (Å²) in [6.45, 7) is 1.67. The summed E-state index contributed by atoms with van der Waals surface area (Å²) < 4.78 is 13.6. The molecule has 0 aliphatic carbocycles. The van der Waals surface area contributed by atoms with Crippen molar-refractivity contribution in [3.63, 3.8) is 0 Å². The molecule has 5 atom stereocenters. The molecule has 2 aromatic heterocycles. The van der Waals surface area contributed by atoms with Crippen molar-refractivity contribution in [2.24, 2.45) is 0 Å². The molecule has 12 heteroatoms. The van der Waals surface area contributed by atoms with Crippen LogP contribution in [-0.2, 0) is 9.47 Å². The highest BCUT2D eigenvalue weighted by Gasteiger charge is 2.43. The molecule has 31 heavy (non-hydrogen) atoms. The van der Waals surface area contributed by atoms with Crippen LogP contribution in [-0.4, -0.2) is 55.9 Å². The van der Waals surface area contributed by atoms with Crippen LogP contribution in [0.15, 0.2) is 39.5 Å². The summed E-state index contributed by atoms with van der Waals surface area (Å²) in [5.41, 5.74) is 0.875. The van der Waals surface area contributed by atoms with Gasteiger partial charge in [-0.05, 0) is 25.1 Å². The van der Waals surface area contributed by atoms with Crippen LogP contribution < -0.4 is 4.87 Å². The number of H-pyrrole nitrogens is 1. The number of thioether (sulfide) groups is 1. The van der Waals surface area contributed by atoms with Crippen LogP contribution >= 0.6 is 46.3 Å². The van der Waals surface area contributed by atoms with E-state index in [0.717, 1.165) is 16.2 Å². The standard InChI is InChI=1S/C19H20Cl2N4O4S2/c1-9(26)17-18(28-2)15(25-7-13(23-24-25)14-8-30-19(27)22-14)6-16(29-17)31-10-3-4-11(20)12(21)5-10/h3-5,7-9,15-18,26H,6H2,1-2H3,(H,22,27)/t9?,15?,16-,17?,18-/m1/s1. The number of benzene rings is 1. The Morgan fingerprint density at radius 3 is 2.87 bits per heavy atom. The Kier molecular flexibility index (Phi) is 7.07. The first kappa shape index (κ1) is 22.8. The molecule has 3 aromatic rings. The quantitative estimate of drug-likeness (QED) is 0.527. The summed E-state index contributed by atoms with van der Waals surface area (Å²) in [6.07, 6.45) is 0.537. The summed E-state index contributed by atoms with van der Waals surface area (Å²) in [4.78, 5) is 15.0. The number of hydrogen-bond acceptors (Lipinski definition) is 8. The Bertz CT molecular complexity index is 1100. The molecular weight excluding hydrogens is 483 g/mol. The van der Waals surface area contributed by atoms with E-state index in [1.807, 2.05) is 6.07 Å². The zero-order valence-electron chi connectivity index (χ0n) is 16.6. The second-order valence-corrected chi connectivity index (χ2v) is 10.0. The van der Waals surface area contributed by atoms with Gasteiger partial charge < -0.3 is 19.6 Å². The van der Waals surface area contributed by atoms with Crippen molar-refractivity contribution in [2.45, 2.75) is 48.0 Å². The number of aromatic amines is 1. The average molecular weight is 503 g/mol. The number of nitrogens with zero attached hydrogens (tertiary/aromatic N) is 3. The summed E-state index contributed by atoms with van der Waals surface area (Å²) in [5, 5.41) is 21.5. The highest BCUT2D eigenvalue weighted by Crippen LogP contribution is 2.40. The third-order valence-corrected chi connectivity index (χ3v) is 7.50. The first-order valence-corrected chi connectivity index (χ1v) is 11.9. The molecule has 3 heterocycles. The van der Waals surface area contributed by atoms with Gasteiger partial charge >= 0.3 is 4.87 Å². The van der Waals surface area contributed by atoms with Gasteiger partial charge in [-0.1, -0.05) is 51.5 Å². The summed E-state index contributed by atoms with van der Waals surface area (Å²) in [5.74, 6) is 0. The molecule has 0 spiro atoms. The van der Waals surface area contributed by atoms with Crippen LogP contribution in [0.4, 0.5) is 0 Å². The van der Waals surface area contributed by atoms with E-state index in [9.17, 15) is 9.90 Å². The van der Waals surface area contributed by atoms with E-state index < -0.39 is 18.3 Å². The number of aromatic nitrogens is 4. The van der Waals surface area contributed by atoms with Crippen molar-refractivity contribution >= 4 is 46.3 Å². The normalized spacial score (nSPS) is 24.9. The molecule has 1 aromatic carbocycles. The van der Waals surface area contributed by atoms with Crippen molar-refractivity contribution in [1.82, 2.24) is 20.0 Å². The van der Waals surface area contributed by atoms with Crippen molar-refractivity contribution in [3.8, 4) is 11.4 Å². The Hall–Kier alpha value is -1.40. The van der Waals surface area contributed by atoms with Crippen LogP contribution in [0.5, 0.6) is 0 Å². The Morgan fingerprint density at radius 2 is 2.23 bits per heavy atom. The third-order valence-electron chi connectivity index (χ3n) is 5.00. The lowest BCUT2D eigenvalue weighted by Crippen LogP contribution is -2.51. The number of aliphatic hydroxyl groups is 1. The fourth-order valence-corrected chi connectivity index (χ4v) is 5.59. The van der Waals surface area contributed by atoms with Gasteiger partial charge in [0.05, 0.1) is 34.1 Å². The van der Waals surface area contributed by atoms with E-state index >= 15 is 0 Å². The van der Waals surface area contributed by atoms with Gasteiger partial charge in [-0.15, -0.1) is 5.10 Å². The van der Waals surface area contributed by atoms with Gasteiger partial charge in [0.2, 0.25) is 0 Å². The maximum Gasteiger partial charge on any atom is 0.304 e. The van der Waals surface area contributed by atoms with Crippen molar-refractivity contribution in [1.29, 1.82) is 0 Å². The summed E-state index contributed by atoms with van der Waals surface area (Å²) in [7, 11) is 1.58. The molecular formula is C19H20Cl2N4O4S2. The number of methoxy groups -OCH3 is 1. The highest BCUT2D eigenvalue weighted by molar-refractivity contribution is 7.99. The Labute approximate surface area is 196 Å². The second kappa shape index (κ2) is 9.62. The van der Waals surface area contributed by atoms with Crippen molar-refractivity contribution in [3.05, 3.63) is 49.5 Å². The monoisotopic (exact) mass is 502 g/mol. The molecule has 2 N–H and O–H groups in total. The minimum atomic E-state index is -0.763. The molecule has 4 rings (SSSR count). The maximum absolute atomic E-state index is 11.5. The first-order valence-electron chi connectivity index (χ1n) is 9.43. The molecule has 1 aliphatic heterocycles. The molecule has 166 valence electrons. The summed E-state index contributed by atoms with van der Waals surface area (Å²) >= 11 is 14.7. The largest absolute Gasteiger partial charge is 0.391 e. The van der Waals surface area contributed by atoms with Crippen molar-refractivity contribution in [2.75, 3.05) is 7.11 Å². The molecule has 0 radical (unpaired) electrons. The Morgan fingerprint density at radius 1 is 1.42 bits per heavy atom. The fourth-order valence-electron chi connectivity index (χ4n) is 3.54. The molecule has 1 aliphatic rings. The number of halogens is 2. The van der Waals surface area contributed by atoms with Gasteiger partial charge in [0.1, 0.15) is 23.3 Å². The predicted octanol–water partition coefficient (Wildman–Crippen LogP) is 3.85. The number of thiazole rings is 1. The van der Waals surface area contributed by atoms with Gasteiger partial charge in [-0.2, -0.15) is 0 Å². The topological polar surface area (TPSA) is 102 Å².